The first-order valence-corrected chi connectivity index (χ1v) is 14.4. The molecule has 5 rings (SSSR count). The van der Waals surface area contributed by atoms with E-state index in [1.807, 2.05) is 0 Å². The standard InChI is InChI=1S/C29H35NO2S/c31-33(32,26-11-2-1-3-12-26)22-8-19-30-20-17-25(18-21-30)29-27-13-6-4-9-23(27)15-16-24-10-5-7-14-28(24)29/h4-7,9-10,13-16,26H,1-3,8,11-12,17-22H2. The minimum absolute atomic E-state index is 0.0760. The van der Waals surface area contributed by atoms with Crippen LogP contribution in [0.1, 0.15) is 73.6 Å². The van der Waals surface area contributed by atoms with Gasteiger partial charge in [0, 0.05) is 13.1 Å². The van der Waals surface area contributed by atoms with Gasteiger partial charge in [-0.3, -0.25) is 0 Å². The van der Waals surface area contributed by atoms with Gasteiger partial charge >= 0.3 is 0 Å². The predicted octanol–water partition coefficient (Wildman–Crippen LogP) is 6.21. The zero-order chi connectivity index (χ0) is 22.7. The van der Waals surface area contributed by atoms with E-state index < -0.39 is 9.84 Å². The average molecular weight is 462 g/mol. The third-order valence-corrected chi connectivity index (χ3v) is 10.0. The first-order valence-electron chi connectivity index (χ1n) is 12.6. The fraction of sp³-hybridized carbons (Fsp3) is 0.448. The van der Waals surface area contributed by atoms with Gasteiger partial charge in [-0.25, -0.2) is 8.42 Å². The van der Waals surface area contributed by atoms with E-state index in [1.165, 1.54) is 39.8 Å². The van der Waals surface area contributed by atoms with Gasteiger partial charge in [0.25, 0.3) is 0 Å². The van der Waals surface area contributed by atoms with Crippen molar-refractivity contribution in [3.05, 3.63) is 76.4 Å². The van der Waals surface area contributed by atoms with Crippen molar-refractivity contribution >= 4 is 27.6 Å². The molecule has 1 saturated carbocycles. The molecule has 1 saturated heterocycles. The maximum atomic E-state index is 12.7. The lowest BCUT2D eigenvalue weighted by Crippen LogP contribution is -2.34. The Kier molecular flexibility index (Phi) is 6.84. The average Bonchev–Trinajstić information content (AvgIpc) is 3.02. The Morgan fingerprint density at radius 3 is 1.97 bits per heavy atom. The highest BCUT2D eigenvalue weighted by molar-refractivity contribution is 7.92. The summed E-state index contributed by atoms with van der Waals surface area (Å²) < 4.78 is 25.4. The number of hydrogen-bond acceptors (Lipinski definition) is 3. The van der Waals surface area contributed by atoms with Crippen molar-refractivity contribution in [2.24, 2.45) is 0 Å². The van der Waals surface area contributed by atoms with E-state index in [0.717, 1.165) is 64.6 Å². The fourth-order valence-corrected chi connectivity index (χ4v) is 7.74. The summed E-state index contributed by atoms with van der Waals surface area (Å²) in [5.41, 5.74) is 8.18. The normalized spacial score (nSPS) is 19.8. The topological polar surface area (TPSA) is 37.4 Å². The Balaban J connectivity index is 1.27. The van der Waals surface area contributed by atoms with E-state index in [0.29, 0.717) is 5.75 Å². The van der Waals surface area contributed by atoms with Gasteiger partial charge < -0.3 is 4.90 Å². The minimum atomic E-state index is -2.93. The molecule has 2 aromatic carbocycles. The fourth-order valence-electron chi connectivity index (χ4n) is 5.82. The number of rotatable bonds is 5. The monoisotopic (exact) mass is 461 g/mol. The summed E-state index contributed by atoms with van der Waals surface area (Å²) in [6.07, 6.45) is 12.4. The highest BCUT2D eigenvalue weighted by Gasteiger charge is 2.27. The Bertz CT molecular complexity index is 1090. The third-order valence-electron chi connectivity index (χ3n) is 7.68. The van der Waals surface area contributed by atoms with Crippen molar-refractivity contribution in [1.82, 2.24) is 4.90 Å². The molecule has 0 atom stereocenters. The van der Waals surface area contributed by atoms with Crippen LogP contribution in [0.15, 0.2) is 54.1 Å². The molecule has 0 amide bonds. The van der Waals surface area contributed by atoms with E-state index in [2.05, 4.69) is 65.6 Å². The molecule has 0 N–H and O–H groups in total. The molecular weight excluding hydrogens is 426 g/mol. The number of hydrogen-bond donors (Lipinski definition) is 0. The zero-order valence-electron chi connectivity index (χ0n) is 19.5. The minimum Gasteiger partial charge on any atom is -0.303 e. The van der Waals surface area contributed by atoms with Gasteiger partial charge in [0.05, 0.1) is 11.0 Å². The highest BCUT2D eigenvalue weighted by Crippen LogP contribution is 2.38. The van der Waals surface area contributed by atoms with Crippen molar-refractivity contribution in [2.75, 3.05) is 25.4 Å². The van der Waals surface area contributed by atoms with E-state index in [1.54, 1.807) is 0 Å². The maximum Gasteiger partial charge on any atom is 0.153 e. The summed E-state index contributed by atoms with van der Waals surface area (Å²) in [5.74, 6) is 0.356. The van der Waals surface area contributed by atoms with Crippen LogP contribution in [0.5, 0.6) is 0 Å². The second-order valence-electron chi connectivity index (χ2n) is 9.81. The number of fused-ring (bicyclic) bond motifs is 2. The van der Waals surface area contributed by atoms with Crippen LogP contribution < -0.4 is 0 Å². The Morgan fingerprint density at radius 2 is 1.36 bits per heavy atom. The Labute approximate surface area is 199 Å². The Morgan fingerprint density at radius 1 is 0.788 bits per heavy atom. The lowest BCUT2D eigenvalue weighted by atomic mass is 9.86. The molecule has 2 aromatic rings. The van der Waals surface area contributed by atoms with Crippen molar-refractivity contribution in [2.45, 2.75) is 56.6 Å². The number of sulfone groups is 1. The quantitative estimate of drug-likeness (QED) is 0.454. The van der Waals surface area contributed by atoms with Crippen LogP contribution in [0.2, 0.25) is 0 Å². The zero-order valence-corrected chi connectivity index (χ0v) is 20.3. The second-order valence-corrected chi connectivity index (χ2v) is 12.2. The third kappa shape index (κ3) is 5.02. The molecule has 0 aromatic heterocycles. The van der Waals surface area contributed by atoms with Gasteiger partial charge in [0.15, 0.2) is 9.84 Å². The molecule has 1 aliphatic heterocycles. The van der Waals surface area contributed by atoms with E-state index >= 15 is 0 Å². The SMILES string of the molecule is O=S(=O)(CCCN1CCC(=C2c3ccccc3C=Cc3ccccc32)CC1)C1CCCCC1. The summed E-state index contributed by atoms with van der Waals surface area (Å²) >= 11 is 0. The van der Waals surface area contributed by atoms with E-state index in [-0.39, 0.29) is 5.25 Å². The molecule has 0 bridgehead atoms. The molecule has 0 spiro atoms. The highest BCUT2D eigenvalue weighted by atomic mass is 32.2. The largest absolute Gasteiger partial charge is 0.303 e. The van der Waals surface area contributed by atoms with Crippen LogP contribution in [-0.2, 0) is 9.84 Å². The van der Waals surface area contributed by atoms with Gasteiger partial charge in [-0.1, -0.05) is 85.5 Å². The summed E-state index contributed by atoms with van der Waals surface area (Å²) in [6.45, 7) is 2.92. The molecular formula is C29H35NO2S. The molecule has 3 nitrogen and oxygen atoms in total. The Hall–Kier alpha value is -2.17. The lowest BCUT2D eigenvalue weighted by Gasteiger charge is -2.31. The molecule has 2 fully saturated rings. The van der Waals surface area contributed by atoms with Gasteiger partial charge in [-0.05, 0) is 66.5 Å². The van der Waals surface area contributed by atoms with E-state index in [4.69, 9.17) is 0 Å². The van der Waals surface area contributed by atoms with Crippen LogP contribution in [0, 0.1) is 0 Å². The van der Waals surface area contributed by atoms with Crippen LogP contribution in [0.4, 0.5) is 0 Å². The summed E-state index contributed by atoms with van der Waals surface area (Å²) in [6, 6.07) is 17.4. The molecule has 33 heavy (non-hydrogen) atoms. The number of likely N-dealkylation sites (tertiary alicyclic amines) is 1. The summed E-state index contributed by atoms with van der Waals surface area (Å²) in [7, 11) is -2.93. The first-order chi connectivity index (χ1) is 16.1. The molecule has 0 radical (unpaired) electrons. The summed E-state index contributed by atoms with van der Waals surface area (Å²) in [5, 5.41) is -0.0760. The lowest BCUT2D eigenvalue weighted by molar-refractivity contribution is 0.257. The molecule has 1 heterocycles. The van der Waals surface area contributed by atoms with Gasteiger partial charge in [-0.2, -0.15) is 0 Å². The van der Waals surface area contributed by atoms with Crippen LogP contribution in [0.3, 0.4) is 0 Å². The second kappa shape index (κ2) is 9.99. The van der Waals surface area contributed by atoms with Crippen LogP contribution in [-0.4, -0.2) is 44.0 Å². The van der Waals surface area contributed by atoms with Gasteiger partial charge in [-0.15, -0.1) is 0 Å². The molecule has 4 heteroatoms. The molecule has 0 unspecified atom stereocenters. The van der Waals surface area contributed by atoms with Crippen LogP contribution in [0.25, 0.3) is 17.7 Å². The van der Waals surface area contributed by atoms with E-state index in [9.17, 15) is 8.42 Å². The molecule has 2 aliphatic carbocycles. The van der Waals surface area contributed by atoms with Crippen molar-refractivity contribution in [3.63, 3.8) is 0 Å². The smallest absolute Gasteiger partial charge is 0.153 e. The molecule has 174 valence electrons. The van der Waals surface area contributed by atoms with Gasteiger partial charge in [0.1, 0.15) is 0 Å². The summed E-state index contributed by atoms with van der Waals surface area (Å²) in [4.78, 5) is 2.47. The van der Waals surface area contributed by atoms with Crippen molar-refractivity contribution in [3.8, 4) is 0 Å². The number of benzene rings is 2. The number of piperidine rings is 1. The predicted molar refractivity (Wildman–Crippen MR) is 139 cm³/mol. The maximum absolute atomic E-state index is 12.7. The van der Waals surface area contributed by atoms with Gasteiger partial charge in [0.2, 0.25) is 0 Å². The van der Waals surface area contributed by atoms with Crippen molar-refractivity contribution < 1.29 is 8.42 Å². The van der Waals surface area contributed by atoms with Crippen molar-refractivity contribution in [1.29, 1.82) is 0 Å². The molecule has 3 aliphatic rings. The number of nitrogens with zero attached hydrogens (tertiary/aromatic N) is 1. The van der Waals surface area contributed by atoms with Crippen LogP contribution >= 0.6 is 0 Å². The first kappa shape index (κ1) is 22.6.